The smallest absolute Gasteiger partial charge is 0.342 e. The Morgan fingerprint density at radius 2 is 1.86 bits per heavy atom. The number of hydrogen-bond acceptors (Lipinski definition) is 3. The van der Waals surface area contributed by atoms with Gasteiger partial charge in [0.15, 0.2) is 0 Å². The predicted octanol–water partition coefficient (Wildman–Crippen LogP) is 4.41. The third kappa shape index (κ3) is 2.68. The number of carbonyl (C=O) groups is 1. The van der Waals surface area contributed by atoms with Gasteiger partial charge in [-0.2, -0.15) is 0 Å². The molecule has 0 unspecified atom stereocenters. The van der Waals surface area contributed by atoms with Crippen molar-refractivity contribution in [2.24, 2.45) is 0 Å². The molecule has 21 heavy (non-hydrogen) atoms. The van der Waals surface area contributed by atoms with Crippen molar-refractivity contribution in [3.8, 4) is 0 Å². The summed E-state index contributed by atoms with van der Waals surface area (Å²) in [7, 11) is 0. The molecule has 0 fully saturated rings. The van der Waals surface area contributed by atoms with E-state index in [1.54, 1.807) is 6.92 Å². The molecule has 0 saturated carbocycles. The normalized spacial score (nSPS) is 10.8. The maximum Gasteiger partial charge on any atom is 0.342 e. The Balaban J connectivity index is 1.86. The number of hydrogen-bond donors (Lipinski definition) is 0. The monoisotopic (exact) mass is 280 g/mol. The van der Waals surface area contributed by atoms with Crippen molar-refractivity contribution in [3.63, 3.8) is 0 Å². The summed E-state index contributed by atoms with van der Waals surface area (Å²) in [6.07, 6.45) is 0. The van der Waals surface area contributed by atoms with Crippen LogP contribution in [0.15, 0.2) is 52.9 Å². The van der Waals surface area contributed by atoms with E-state index < -0.39 is 0 Å². The van der Waals surface area contributed by atoms with Gasteiger partial charge in [0.2, 0.25) is 0 Å². The summed E-state index contributed by atoms with van der Waals surface area (Å²) >= 11 is 0. The van der Waals surface area contributed by atoms with Gasteiger partial charge in [0, 0.05) is 5.39 Å². The average Bonchev–Trinajstić information content (AvgIpc) is 2.81. The summed E-state index contributed by atoms with van der Waals surface area (Å²) in [6.45, 7) is 4.04. The molecule has 0 amide bonds. The fourth-order valence-corrected chi connectivity index (χ4v) is 2.38. The van der Waals surface area contributed by atoms with Gasteiger partial charge in [-0.3, -0.25) is 0 Å². The Bertz CT molecular complexity index is 785. The number of carbonyl (C=O) groups excluding carboxylic acids is 1. The molecule has 0 bridgehead atoms. The lowest BCUT2D eigenvalue weighted by Gasteiger charge is -2.04. The van der Waals surface area contributed by atoms with Crippen LogP contribution in [0.3, 0.4) is 0 Å². The minimum absolute atomic E-state index is 0.262. The van der Waals surface area contributed by atoms with Crippen LogP contribution in [-0.2, 0) is 11.3 Å². The summed E-state index contributed by atoms with van der Waals surface area (Å²) in [5, 5.41) is 0.802. The first-order chi connectivity index (χ1) is 10.1. The van der Waals surface area contributed by atoms with E-state index in [1.807, 2.05) is 55.5 Å². The molecule has 0 aliphatic carbocycles. The standard InChI is InChI=1S/C18H16O3/c1-12-8-9-15-16(10-12)21-13(2)17(15)18(19)20-11-14-6-4-3-5-7-14/h3-10H,11H2,1-2H3. The molecule has 0 saturated heterocycles. The highest BCUT2D eigenvalue weighted by molar-refractivity contribution is 6.04. The zero-order valence-corrected chi connectivity index (χ0v) is 12.1. The first-order valence-electron chi connectivity index (χ1n) is 6.86. The Morgan fingerprint density at radius 1 is 1.10 bits per heavy atom. The van der Waals surface area contributed by atoms with Crippen LogP contribution >= 0.6 is 0 Å². The fourth-order valence-electron chi connectivity index (χ4n) is 2.38. The lowest BCUT2D eigenvalue weighted by molar-refractivity contribution is 0.0473. The molecule has 0 aliphatic rings. The van der Waals surface area contributed by atoms with Gasteiger partial charge in [0.25, 0.3) is 0 Å². The Labute approximate surface area is 123 Å². The van der Waals surface area contributed by atoms with Gasteiger partial charge in [-0.15, -0.1) is 0 Å². The van der Waals surface area contributed by atoms with E-state index >= 15 is 0 Å². The van der Waals surface area contributed by atoms with E-state index in [0.29, 0.717) is 11.3 Å². The van der Waals surface area contributed by atoms with E-state index in [1.165, 1.54) is 0 Å². The predicted molar refractivity (Wildman–Crippen MR) is 81.2 cm³/mol. The lowest BCUT2D eigenvalue weighted by Crippen LogP contribution is -2.06. The van der Waals surface area contributed by atoms with Crippen molar-refractivity contribution in [2.45, 2.75) is 20.5 Å². The van der Waals surface area contributed by atoms with Gasteiger partial charge < -0.3 is 9.15 Å². The molecule has 3 rings (SSSR count). The quantitative estimate of drug-likeness (QED) is 0.667. The van der Waals surface area contributed by atoms with Crippen LogP contribution in [0.4, 0.5) is 0 Å². The molecule has 0 radical (unpaired) electrons. The lowest BCUT2D eigenvalue weighted by atomic mass is 10.1. The van der Waals surface area contributed by atoms with Crippen LogP contribution < -0.4 is 0 Å². The van der Waals surface area contributed by atoms with Crippen LogP contribution in [0.2, 0.25) is 0 Å². The van der Waals surface area contributed by atoms with Crippen LogP contribution in [0.5, 0.6) is 0 Å². The maximum atomic E-state index is 12.3. The van der Waals surface area contributed by atoms with E-state index in [0.717, 1.165) is 22.1 Å². The second-order valence-corrected chi connectivity index (χ2v) is 5.09. The number of esters is 1. The summed E-state index contributed by atoms with van der Waals surface area (Å²) in [4.78, 5) is 12.3. The zero-order chi connectivity index (χ0) is 14.8. The molecule has 0 N–H and O–H groups in total. The number of furan rings is 1. The van der Waals surface area contributed by atoms with E-state index in [4.69, 9.17) is 9.15 Å². The highest BCUT2D eigenvalue weighted by atomic mass is 16.5. The Morgan fingerprint density at radius 3 is 2.62 bits per heavy atom. The van der Waals surface area contributed by atoms with Gasteiger partial charge in [-0.25, -0.2) is 4.79 Å². The largest absolute Gasteiger partial charge is 0.460 e. The minimum Gasteiger partial charge on any atom is -0.460 e. The molecule has 3 heteroatoms. The second kappa shape index (κ2) is 5.44. The first-order valence-corrected chi connectivity index (χ1v) is 6.86. The molecule has 3 aromatic rings. The van der Waals surface area contributed by atoms with Crippen molar-refractivity contribution in [1.29, 1.82) is 0 Å². The van der Waals surface area contributed by atoms with Gasteiger partial charge >= 0.3 is 5.97 Å². The molecule has 0 aliphatic heterocycles. The summed E-state index contributed by atoms with van der Waals surface area (Å²) in [5.74, 6) is 0.243. The number of aryl methyl sites for hydroxylation is 2. The summed E-state index contributed by atoms with van der Waals surface area (Å²) in [6, 6.07) is 15.4. The van der Waals surface area contributed by atoms with Crippen molar-refractivity contribution < 1.29 is 13.9 Å². The van der Waals surface area contributed by atoms with E-state index in [9.17, 15) is 4.79 Å². The number of benzene rings is 2. The number of ether oxygens (including phenoxy) is 1. The molecule has 1 aromatic heterocycles. The second-order valence-electron chi connectivity index (χ2n) is 5.09. The molecule has 0 spiro atoms. The average molecular weight is 280 g/mol. The summed E-state index contributed by atoms with van der Waals surface area (Å²) < 4.78 is 11.0. The van der Waals surface area contributed by atoms with Crippen LogP contribution in [0, 0.1) is 13.8 Å². The SMILES string of the molecule is Cc1ccc2c(C(=O)OCc3ccccc3)c(C)oc2c1. The molecule has 0 atom stereocenters. The van der Waals surface area contributed by atoms with Gasteiger partial charge in [0.1, 0.15) is 23.5 Å². The third-order valence-electron chi connectivity index (χ3n) is 3.44. The Hall–Kier alpha value is -2.55. The number of fused-ring (bicyclic) bond motifs is 1. The van der Waals surface area contributed by atoms with Crippen LogP contribution in [0.25, 0.3) is 11.0 Å². The molecule has 3 nitrogen and oxygen atoms in total. The fraction of sp³-hybridized carbons (Fsp3) is 0.167. The highest BCUT2D eigenvalue weighted by Gasteiger charge is 2.19. The third-order valence-corrected chi connectivity index (χ3v) is 3.44. The molecule has 1 heterocycles. The van der Waals surface area contributed by atoms with Crippen LogP contribution in [-0.4, -0.2) is 5.97 Å². The van der Waals surface area contributed by atoms with Gasteiger partial charge in [-0.1, -0.05) is 36.4 Å². The molecular weight excluding hydrogens is 264 g/mol. The van der Waals surface area contributed by atoms with Crippen molar-refractivity contribution >= 4 is 16.9 Å². The molecule has 2 aromatic carbocycles. The zero-order valence-electron chi connectivity index (χ0n) is 12.1. The first kappa shape index (κ1) is 13.4. The highest BCUT2D eigenvalue weighted by Crippen LogP contribution is 2.27. The molecule has 106 valence electrons. The molecular formula is C18H16O3. The minimum atomic E-state index is -0.348. The van der Waals surface area contributed by atoms with Gasteiger partial charge in [0.05, 0.1) is 0 Å². The van der Waals surface area contributed by atoms with Crippen molar-refractivity contribution in [1.82, 2.24) is 0 Å². The topological polar surface area (TPSA) is 39.4 Å². The van der Waals surface area contributed by atoms with Crippen LogP contribution in [0.1, 0.15) is 27.2 Å². The van der Waals surface area contributed by atoms with Crippen molar-refractivity contribution in [3.05, 3.63) is 71.0 Å². The van der Waals surface area contributed by atoms with E-state index in [-0.39, 0.29) is 12.6 Å². The Kier molecular flexibility index (Phi) is 3.48. The maximum absolute atomic E-state index is 12.3. The van der Waals surface area contributed by atoms with Gasteiger partial charge in [-0.05, 0) is 37.1 Å². The van der Waals surface area contributed by atoms with Crippen molar-refractivity contribution in [2.75, 3.05) is 0 Å². The van der Waals surface area contributed by atoms with E-state index in [2.05, 4.69) is 0 Å². The number of rotatable bonds is 3. The summed E-state index contributed by atoms with van der Waals surface area (Å²) in [5.41, 5.74) is 3.30.